The average Bonchev–Trinajstić information content (AvgIpc) is 2.84. The highest BCUT2D eigenvalue weighted by molar-refractivity contribution is 7.92. The minimum absolute atomic E-state index is 0.287. The van der Waals surface area contributed by atoms with E-state index in [4.69, 9.17) is 5.11 Å². The van der Waals surface area contributed by atoms with Crippen molar-refractivity contribution in [3.05, 3.63) is 21.4 Å². The summed E-state index contributed by atoms with van der Waals surface area (Å²) in [6.07, 6.45) is 1.47. The minimum atomic E-state index is -2.91. The Morgan fingerprint density at radius 2 is 2.32 bits per heavy atom. The molecule has 1 aromatic rings. The van der Waals surface area contributed by atoms with E-state index >= 15 is 0 Å². The van der Waals surface area contributed by atoms with Gasteiger partial charge in [-0.15, -0.1) is 11.3 Å². The predicted molar refractivity (Wildman–Crippen MR) is 74.5 cm³/mol. The van der Waals surface area contributed by atoms with Crippen LogP contribution in [0.1, 0.15) is 33.0 Å². The molecule has 1 atom stereocenters. The van der Waals surface area contributed by atoms with Gasteiger partial charge in [-0.2, -0.15) is 0 Å². The first-order chi connectivity index (χ1) is 8.90. The van der Waals surface area contributed by atoms with Gasteiger partial charge in [0.2, 0.25) is 0 Å². The summed E-state index contributed by atoms with van der Waals surface area (Å²) in [5, 5.41) is 11.7. The Hall–Kier alpha value is -0.920. The van der Waals surface area contributed by atoms with Crippen molar-refractivity contribution in [3.63, 3.8) is 0 Å². The highest BCUT2D eigenvalue weighted by Crippen LogP contribution is 2.22. The Labute approximate surface area is 116 Å². The highest BCUT2D eigenvalue weighted by Gasteiger charge is 2.30. The number of sulfone groups is 1. The second-order valence-corrected chi connectivity index (χ2v) is 8.42. The van der Waals surface area contributed by atoms with E-state index < -0.39 is 15.8 Å². The van der Waals surface area contributed by atoms with Crippen LogP contribution >= 0.6 is 11.3 Å². The summed E-state index contributed by atoms with van der Waals surface area (Å²) >= 11 is 1.25. The molecule has 7 heteroatoms. The van der Waals surface area contributed by atoms with Crippen LogP contribution in [0.4, 0.5) is 0 Å². The molecule has 19 heavy (non-hydrogen) atoms. The van der Waals surface area contributed by atoms with Gasteiger partial charge in [0.15, 0.2) is 9.84 Å². The lowest BCUT2D eigenvalue weighted by Gasteiger charge is -2.10. The fourth-order valence-corrected chi connectivity index (χ4v) is 4.94. The van der Waals surface area contributed by atoms with Gasteiger partial charge in [0.1, 0.15) is 4.88 Å². The predicted octanol–water partition coefficient (Wildman–Crippen LogP) is 1.42. The summed E-state index contributed by atoms with van der Waals surface area (Å²) in [7, 11) is -2.91. The van der Waals surface area contributed by atoms with Crippen LogP contribution in [0.3, 0.4) is 0 Å². The standard InChI is InChI=1S/C12H17NO4S2/c1-8-9(5-11(18-8)12(14)15)6-13-7-10-3-2-4-19(10,16)17/h5,10,13H,2-4,6-7H2,1H3,(H,14,15). The molecule has 0 spiro atoms. The van der Waals surface area contributed by atoms with Crippen LogP contribution in [0.15, 0.2) is 6.07 Å². The molecule has 0 aromatic carbocycles. The number of thiophene rings is 1. The largest absolute Gasteiger partial charge is 0.477 e. The smallest absolute Gasteiger partial charge is 0.345 e. The first-order valence-electron chi connectivity index (χ1n) is 6.15. The van der Waals surface area contributed by atoms with Crippen molar-refractivity contribution >= 4 is 27.1 Å². The molecule has 106 valence electrons. The molecule has 1 saturated heterocycles. The Kier molecular flexibility index (Phi) is 4.27. The molecule has 1 aliphatic heterocycles. The second-order valence-electron chi connectivity index (χ2n) is 4.76. The first kappa shape index (κ1) is 14.5. The zero-order chi connectivity index (χ0) is 14.0. The molecule has 2 N–H and O–H groups in total. The van der Waals surface area contributed by atoms with Gasteiger partial charge in [-0.25, -0.2) is 13.2 Å². The number of hydrogen-bond donors (Lipinski definition) is 2. The molecule has 1 aliphatic rings. The van der Waals surface area contributed by atoms with Crippen LogP contribution in [0, 0.1) is 6.92 Å². The van der Waals surface area contributed by atoms with E-state index in [-0.39, 0.29) is 5.25 Å². The number of aromatic carboxylic acids is 1. The molecule has 2 rings (SSSR count). The maximum Gasteiger partial charge on any atom is 0.345 e. The SMILES string of the molecule is Cc1sc(C(=O)O)cc1CNCC1CCCS1(=O)=O. The molecule has 0 saturated carbocycles. The number of rotatable bonds is 5. The first-order valence-corrected chi connectivity index (χ1v) is 8.68. The zero-order valence-corrected chi connectivity index (χ0v) is 12.3. The second kappa shape index (κ2) is 5.60. The lowest BCUT2D eigenvalue weighted by atomic mass is 10.2. The van der Waals surface area contributed by atoms with Gasteiger partial charge < -0.3 is 10.4 Å². The number of carboxylic acid groups (broad SMARTS) is 1. The fraction of sp³-hybridized carbons (Fsp3) is 0.583. The third-order valence-electron chi connectivity index (χ3n) is 3.38. The molecule has 0 aliphatic carbocycles. The zero-order valence-electron chi connectivity index (χ0n) is 10.7. The maximum atomic E-state index is 11.6. The van der Waals surface area contributed by atoms with E-state index in [1.807, 2.05) is 6.92 Å². The van der Waals surface area contributed by atoms with Crippen molar-refractivity contribution in [2.75, 3.05) is 12.3 Å². The lowest BCUT2D eigenvalue weighted by molar-refractivity contribution is 0.0702. The molecule has 0 bridgehead atoms. The summed E-state index contributed by atoms with van der Waals surface area (Å²) in [4.78, 5) is 12.1. The Bertz CT molecular complexity index is 577. The van der Waals surface area contributed by atoms with Gasteiger partial charge in [-0.1, -0.05) is 0 Å². The van der Waals surface area contributed by atoms with Crippen LogP contribution in [0.25, 0.3) is 0 Å². The van der Waals surface area contributed by atoms with E-state index in [0.717, 1.165) is 23.3 Å². The van der Waals surface area contributed by atoms with Gasteiger partial charge >= 0.3 is 5.97 Å². The molecular weight excluding hydrogens is 286 g/mol. The van der Waals surface area contributed by atoms with Gasteiger partial charge in [-0.3, -0.25) is 0 Å². The summed E-state index contributed by atoms with van der Waals surface area (Å²) in [5.74, 6) is -0.627. The number of carboxylic acids is 1. The maximum absolute atomic E-state index is 11.6. The van der Waals surface area contributed by atoms with Gasteiger partial charge in [0, 0.05) is 18.0 Å². The quantitative estimate of drug-likeness (QED) is 0.859. The topological polar surface area (TPSA) is 83.5 Å². The molecule has 1 aromatic heterocycles. The molecular formula is C12H17NO4S2. The van der Waals surface area contributed by atoms with E-state index in [1.165, 1.54) is 11.3 Å². The molecule has 2 heterocycles. The van der Waals surface area contributed by atoms with Crippen molar-refractivity contribution in [2.45, 2.75) is 31.6 Å². The molecule has 1 fully saturated rings. The Morgan fingerprint density at radius 3 is 2.84 bits per heavy atom. The van der Waals surface area contributed by atoms with Crippen molar-refractivity contribution < 1.29 is 18.3 Å². The average molecular weight is 303 g/mol. The number of hydrogen-bond acceptors (Lipinski definition) is 5. The van der Waals surface area contributed by atoms with Gasteiger partial charge in [0.05, 0.1) is 11.0 Å². The van der Waals surface area contributed by atoms with Crippen LogP contribution in [-0.2, 0) is 16.4 Å². The number of carbonyl (C=O) groups is 1. The lowest BCUT2D eigenvalue weighted by Crippen LogP contribution is -2.30. The van der Waals surface area contributed by atoms with E-state index in [1.54, 1.807) is 6.07 Å². The van der Waals surface area contributed by atoms with Crippen molar-refractivity contribution in [1.82, 2.24) is 5.32 Å². The van der Waals surface area contributed by atoms with E-state index in [9.17, 15) is 13.2 Å². The third-order valence-corrected chi connectivity index (χ3v) is 6.74. The number of nitrogens with one attached hydrogen (secondary N) is 1. The summed E-state index contributed by atoms with van der Waals surface area (Å²) in [6.45, 7) is 2.84. The summed E-state index contributed by atoms with van der Waals surface area (Å²) in [6, 6.07) is 1.65. The molecule has 1 unspecified atom stereocenters. The van der Waals surface area contributed by atoms with Crippen molar-refractivity contribution in [1.29, 1.82) is 0 Å². The molecule has 0 amide bonds. The van der Waals surface area contributed by atoms with Crippen LogP contribution in [0.2, 0.25) is 0 Å². The van der Waals surface area contributed by atoms with Crippen LogP contribution in [-0.4, -0.2) is 37.0 Å². The van der Waals surface area contributed by atoms with Crippen LogP contribution in [0.5, 0.6) is 0 Å². The highest BCUT2D eigenvalue weighted by atomic mass is 32.2. The molecule has 0 radical (unpaired) electrons. The van der Waals surface area contributed by atoms with Gasteiger partial charge in [0.25, 0.3) is 0 Å². The fourth-order valence-electron chi connectivity index (χ4n) is 2.26. The molecule has 5 nitrogen and oxygen atoms in total. The van der Waals surface area contributed by atoms with E-state index in [0.29, 0.717) is 23.7 Å². The minimum Gasteiger partial charge on any atom is -0.477 e. The van der Waals surface area contributed by atoms with Crippen LogP contribution < -0.4 is 5.32 Å². The Morgan fingerprint density at radius 1 is 1.58 bits per heavy atom. The summed E-state index contributed by atoms with van der Waals surface area (Å²) < 4.78 is 23.3. The van der Waals surface area contributed by atoms with Crippen molar-refractivity contribution in [2.24, 2.45) is 0 Å². The monoisotopic (exact) mass is 303 g/mol. The number of aryl methyl sites for hydroxylation is 1. The van der Waals surface area contributed by atoms with Gasteiger partial charge in [-0.05, 0) is 31.4 Å². The van der Waals surface area contributed by atoms with Crippen molar-refractivity contribution in [3.8, 4) is 0 Å². The summed E-state index contributed by atoms with van der Waals surface area (Å²) in [5.41, 5.74) is 0.929. The van der Waals surface area contributed by atoms with E-state index in [2.05, 4.69) is 5.32 Å². The normalized spacial score (nSPS) is 21.6. The third kappa shape index (κ3) is 3.34. The Balaban J connectivity index is 1.91.